The van der Waals surface area contributed by atoms with E-state index in [0.717, 1.165) is 6.92 Å². The van der Waals surface area contributed by atoms with Gasteiger partial charge in [0.05, 0.1) is 16.3 Å². The third-order valence-corrected chi connectivity index (χ3v) is 2.06. The largest absolute Gasteiger partial charge is 0.508 e. The minimum Gasteiger partial charge on any atom is -0.508 e. The van der Waals surface area contributed by atoms with Gasteiger partial charge in [-0.25, -0.2) is 5.43 Å². The van der Waals surface area contributed by atoms with Crippen LogP contribution >= 0.6 is 23.2 Å². The topological polar surface area (TPSA) is 132 Å². The number of hydrazone groups is 1. The van der Waals surface area contributed by atoms with E-state index in [0.29, 0.717) is 5.56 Å². The highest BCUT2D eigenvalue weighted by Gasteiger charge is 2.05. The summed E-state index contributed by atoms with van der Waals surface area (Å²) in [6.45, 7) is 1.08. The number of hydrogen-bond donors (Lipinski definition) is 5. The van der Waals surface area contributed by atoms with E-state index in [1.54, 1.807) is 0 Å². The summed E-state index contributed by atoms with van der Waals surface area (Å²) in [4.78, 5) is 9.00. The van der Waals surface area contributed by atoms with Crippen LogP contribution < -0.4 is 11.2 Å². The number of phenols is 1. The molecule has 0 heterocycles. The normalized spacial score (nSPS) is 11.5. The van der Waals surface area contributed by atoms with Crippen molar-refractivity contribution in [3.05, 3.63) is 27.7 Å². The van der Waals surface area contributed by atoms with E-state index in [9.17, 15) is 5.11 Å². The minimum absolute atomic E-state index is 0.0349. The molecule has 0 aliphatic carbocycles. The summed E-state index contributed by atoms with van der Waals surface area (Å²) < 4.78 is 6.55. The summed E-state index contributed by atoms with van der Waals surface area (Å²) in [5.74, 6) is -1.03. The van der Waals surface area contributed by atoms with Gasteiger partial charge in [-0.3, -0.25) is 10.2 Å². The van der Waals surface area contributed by atoms with Gasteiger partial charge in [0, 0.05) is 12.5 Å². The molecule has 9 heteroatoms. The maximum Gasteiger partial charge on any atom is 0.300 e. The van der Waals surface area contributed by atoms with Gasteiger partial charge in [-0.2, -0.15) is 5.10 Å². The zero-order chi connectivity index (χ0) is 15.7. The number of aromatic hydroxyl groups is 1. The minimum atomic E-state index is -0.833. The lowest BCUT2D eigenvalue weighted by Gasteiger charge is -2.02. The number of carboxylic acids is 1. The van der Waals surface area contributed by atoms with Gasteiger partial charge in [-0.1, -0.05) is 23.2 Å². The van der Waals surface area contributed by atoms with E-state index in [-0.39, 0.29) is 21.8 Å². The summed E-state index contributed by atoms with van der Waals surface area (Å²) in [5, 5.41) is 23.6. The third-order valence-electron chi connectivity index (χ3n) is 1.44. The summed E-state index contributed by atoms with van der Waals surface area (Å²) in [6, 6.07) is 2.66. The number of carbonyl (C=O) groups is 1. The third kappa shape index (κ3) is 7.85. The highest BCUT2D eigenvalue weighted by Crippen LogP contribution is 2.28. The highest BCUT2D eigenvalue weighted by atomic mass is 35.5. The van der Waals surface area contributed by atoms with E-state index < -0.39 is 5.97 Å². The molecule has 0 amide bonds. The van der Waals surface area contributed by atoms with Crippen LogP contribution in [-0.4, -0.2) is 28.4 Å². The molecular weight excluding hydrogens is 295 g/mol. The number of nitrogens with two attached hydrogens (primary N) is 1. The Balaban J connectivity index is 0.000000796. The fourth-order valence-electron chi connectivity index (χ4n) is 0.857. The van der Waals surface area contributed by atoms with Crippen molar-refractivity contribution in [2.24, 2.45) is 10.8 Å². The Hall–Kier alpha value is -1.99. The van der Waals surface area contributed by atoms with Crippen LogP contribution in [0.25, 0.3) is 0 Å². The maximum absolute atomic E-state index is 9.18. The number of aliphatic carboxylic acids is 1. The molecule has 0 aliphatic heterocycles. The fourth-order valence-corrected chi connectivity index (χ4v) is 1.43. The average Bonchev–Trinajstić information content (AvgIpc) is 2.31. The first-order valence-corrected chi connectivity index (χ1v) is 5.47. The molecule has 6 N–H and O–H groups in total. The number of nitrogens with zero attached hydrogens (tertiary/aromatic N) is 1. The second kappa shape index (κ2) is 8.17. The Bertz CT molecular complexity index is 510. The predicted molar refractivity (Wildman–Crippen MR) is 74.1 cm³/mol. The molecular formula is C10H12Cl2N4O3. The van der Waals surface area contributed by atoms with Crippen LogP contribution in [0.4, 0.5) is 0 Å². The number of benzene rings is 1. The van der Waals surface area contributed by atoms with Gasteiger partial charge in [0.25, 0.3) is 5.97 Å². The van der Waals surface area contributed by atoms with Gasteiger partial charge in [-0.05, 0) is 12.1 Å². The van der Waals surface area contributed by atoms with Crippen LogP contribution in [0.3, 0.4) is 0 Å². The molecule has 0 aliphatic rings. The Kier molecular flexibility index (Phi) is 6.48. The summed E-state index contributed by atoms with van der Waals surface area (Å²) in [5.41, 5.74) is 7.87. The molecule has 0 spiro atoms. The van der Waals surface area contributed by atoms with Crippen molar-refractivity contribution < 1.29 is 16.4 Å². The van der Waals surface area contributed by atoms with Crippen LogP contribution in [0.1, 0.15) is 12.5 Å². The lowest BCUT2D eigenvalue weighted by Crippen LogP contribution is -2.25. The smallest absolute Gasteiger partial charge is 0.300 e. The molecule has 104 valence electrons. The van der Waals surface area contributed by atoms with Gasteiger partial charge in [0.2, 0.25) is 5.96 Å². The zero-order valence-corrected chi connectivity index (χ0v) is 11.3. The first kappa shape index (κ1) is 15.1. The number of nitrogens with one attached hydrogen (secondary N) is 2. The first-order chi connectivity index (χ1) is 9.27. The number of guanidine groups is 1. The molecule has 0 fully saturated rings. The van der Waals surface area contributed by atoms with Gasteiger partial charge in [-0.15, -0.1) is 0 Å². The number of halogens is 2. The molecule has 1 aromatic carbocycles. The molecule has 7 nitrogen and oxygen atoms in total. The summed E-state index contributed by atoms with van der Waals surface area (Å²) >= 11 is 11.6. The van der Waals surface area contributed by atoms with Gasteiger partial charge >= 0.3 is 0 Å². The van der Waals surface area contributed by atoms with Crippen LogP contribution in [0, 0.1) is 5.40 Å². The molecule has 0 saturated heterocycles. The molecule has 0 atom stereocenters. The average molecular weight is 307 g/mol. The second-order valence-electron chi connectivity index (χ2n) is 3.10. The Morgan fingerprint density at radius 2 is 2.05 bits per heavy atom. The summed E-state index contributed by atoms with van der Waals surface area (Å²) in [6.07, 6.45) is 1.31. The van der Waals surface area contributed by atoms with E-state index in [2.05, 4.69) is 15.9 Å². The standard InChI is InChI=1S/C8H8Cl2N4O.C2H4O2/c9-6-1-4(15)2-7(10)5(6)3-13-14-8(11)12;1-2(3)4/h1-3,15H,(H4,11,12,14);1H3,(H,3,4). The Labute approximate surface area is 120 Å². The molecule has 1 aromatic rings. The maximum atomic E-state index is 9.18. The van der Waals surface area contributed by atoms with Crippen LogP contribution in [0.15, 0.2) is 17.2 Å². The lowest BCUT2D eigenvalue weighted by molar-refractivity contribution is -0.134. The number of rotatable bonds is 2. The van der Waals surface area contributed by atoms with Crippen molar-refractivity contribution in [2.75, 3.05) is 0 Å². The molecule has 19 heavy (non-hydrogen) atoms. The monoisotopic (exact) mass is 306 g/mol. The fraction of sp³-hybridized carbons (Fsp3) is 0.100. The summed E-state index contributed by atoms with van der Waals surface area (Å²) in [7, 11) is 0. The van der Waals surface area contributed by atoms with E-state index in [1.807, 2.05) is 0 Å². The Morgan fingerprint density at radius 1 is 1.58 bits per heavy atom. The first-order valence-electron chi connectivity index (χ1n) is 5.16. The van der Waals surface area contributed by atoms with E-state index in [1.165, 1.54) is 18.3 Å². The molecule has 0 saturated carbocycles. The van der Waals surface area contributed by atoms with Crippen LogP contribution in [-0.2, 0) is 4.79 Å². The SMILES string of the molecule is CC(=O)O.[H]/N=C(\N)NN=Cc1c(Cl)cc(O)cc1Cl. The number of hydrogen-bond acceptors (Lipinski definition) is 4. The zero-order valence-electron chi connectivity index (χ0n) is 10.8. The van der Waals surface area contributed by atoms with E-state index in [4.69, 9.17) is 40.2 Å². The predicted octanol–water partition coefficient (Wildman–Crippen LogP) is 1.61. The van der Waals surface area contributed by atoms with Crippen LogP contribution in [0.5, 0.6) is 5.75 Å². The number of phenolic OH excluding ortho intramolecular Hbond substituents is 1. The second-order valence-corrected chi connectivity index (χ2v) is 3.91. The van der Waals surface area contributed by atoms with Crippen molar-refractivity contribution >= 4 is 41.3 Å². The molecule has 0 radical (unpaired) electrons. The van der Waals surface area contributed by atoms with Crippen molar-refractivity contribution in [3.63, 3.8) is 0 Å². The van der Waals surface area contributed by atoms with Crippen molar-refractivity contribution in [3.8, 4) is 5.75 Å². The molecule has 0 unspecified atom stereocenters. The van der Waals surface area contributed by atoms with Gasteiger partial charge in [0.1, 0.15) is 5.75 Å². The van der Waals surface area contributed by atoms with E-state index >= 15 is 0 Å². The van der Waals surface area contributed by atoms with Crippen molar-refractivity contribution in [1.29, 1.82) is 5.40 Å². The van der Waals surface area contributed by atoms with Crippen molar-refractivity contribution in [2.45, 2.75) is 6.92 Å². The molecule has 0 aromatic heterocycles. The molecule has 0 bridgehead atoms. The van der Waals surface area contributed by atoms with Crippen molar-refractivity contribution in [1.82, 2.24) is 5.43 Å². The van der Waals surface area contributed by atoms with Gasteiger partial charge < -0.3 is 15.9 Å². The quantitative estimate of drug-likeness (QED) is 0.322. The van der Waals surface area contributed by atoms with Gasteiger partial charge in [0.15, 0.2) is 1.41 Å². The Morgan fingerprint density at radius 3 is 2.47 bits per heavy atom. The number of carboxylic acid groups (broad SMARTS) is 1. The molecule has 1 rings (SSSR count). The highest BCUT2D eigenvalue weighted by molar-refractivity contribution is 6.38. The lowest BCUT2D eigenvalue weighted by atomic mass is 10.2. The van der Waals surface area contributed by atoms with Crippen LogP contribution in [0.2, 0.25) is 11.5 Å².